The smallest absolute Gasteiger partial charge is 0.218 e. The Kier molecular flexibility index (Phi) is 6.15. The van der Waals surface area contributed by atoms with Gasteiger partial charge in [-0.2, -0.15) is 9.64 Å². The van der Waals surface area contributed by atoms with Gasteiger partial charge >= 0.3 is 0 Å². The Balaban J connectivity index is 1.97. The summed E-state index contributed by atoms with van der Waals surface area (Å²) in [5, 5.41) is 10.2. The first-order valence-corrected chi connectivity index (χ1v) is 9.74. The van der Waals surface area contributed by atoms with Gasteiger partial charge in [-0.15, -0.1) is 0 Å². The summed E-state index contributed by atoms with van der Waals surface area (Å²) in [6.45, 7) is 3.93. The highest BCUT2D eigenvalue weighted by molar-refractivity contribution is 7.08. The second-order valence-corrected chi connectivity index (χ2v) is 7.46. The van der Waals surface area contributed by atoms with Crippen LogP contribution >= 0.6 is 11.5 Å². The second-order valence-electron chi connectivity index (χ2n) is 6.72. The van der Waals surface area contributed by atoms with Gasteiger partial charge in [-0.1, -0.05) is 12.1 Å². The Hall–Kier alpha value is -3.37. The molecule has 0 aliphatic carbocycles. The first-order chi connectivity index (χ1) is 13.9. The monoisotopic (exact) mass is 406 g/mol. The van der Waals surface area contributed by atoms with Crippen molar-refractivity contribution in [2.24, 2.45) is 4.99 Å². The van der Waals surface area contributed by atoms with Crippen molar-refractivity contribution in [1.82, 2.24) is 9.27 Å². The molecule has 0 aliphatic rings. The van der Waals surface area contributed by atoms with E-state index in [4.69, 9.17) is 9.47 Å². The molecule has 0 atom stereocenters. The molecule has 3 aromatic rings. The molecule has 0 amide bonds. The second kappa shape index (κ2) is 8.76. The first kappa shape index (κ1) is 20.4. The van der Waals surface area contributed by atoms with E-state index in [0.29, 0.717) is 27.8 Å². The lowest BCUT2D eigenvalue weighted by Gasteiger charge is -2.11. The molecule has 1 heterocycles. The molecular formula is C22H22N4O2S. The topological polar surface area (TPSA) is 70.7 Å². The maximum Gasteiger partial charge on any atom is 0.218 e. The SMILES string of the molecule is COc1ccccc1-c1nsc(Oc2cc(C)c(/N=C\N(C)C)cc2C)c1C#N. The van der Waals surface area contributed by atoms with E-state index in [1.807, 2.05) is 69.2 Å². The van der Waals surface area contributed by atoms with Gasteiger partial charge < -0.3 is 14.4 Å². The molecule has 3 rings (SSSR count). The van der Waals surface area contributed by atoms with Crippen LogP contribution in [0, 0.1) is 25.2 Å². The van der Waals surface area contributed by atoms with E-state index in [0.717, 1.165) is 33.9 Å². The van der Waals surface area contributed by atoms with E-state index in [1.54, 1.807) is 13.4 Å². The van der Waals surface area contributed by atoms with Gasteiger partial charge in [0.2, 0.25) is 5.06 Å². The number of nitrogens with zero attached hydrogens (tertiary/aromatic N) is 4. The number of aliphatic imine (C=N–C) groups is 1. The minimum absolute atomic E-state index is 0.395. The summed E-state index contributed by atoms with van der Waals surface area (Å²) < 4.78 is 16.0. The molecule has 2 aromatic carbocycles. The first-order valence-electron chi connectivity index (χ1n) is 8.97. The molecule has 0 spiro atoms. The molecular weight excluding hydrogens is 384 g/mol. The molecule has 29 heavy (non-hydrogen) atoms. The van der Waals surface area contributed by atoms with Gasteiger partial charge in [-0.25, -0.2) is 4.99 Å². The van der Waals surface area contributed by atoms with Crippen LogP contribution in [0.1, 0.15) is 16.7 Å². The molecule has 0 unspecified atom stereocenters. The summed E-state index contributed by atoms with van der Waals surface area (Å²) in [6, 6.07) is 13.6. The van der Waals surface area contributed by atoms with Crippen molar-refractivity contribution >= 4 is 23.6 Å². The zero-order valence-electron chi connectivity index (χ0n) is 17.1. The lowest BCUT2D eigenvalue weighted by atomic mass is 10.1. The van der Waals surface area contributed by atoms with Crippen molar-refractivity contribution in [2.75, 3.05) is 21.2 Å². The predicted octanol–water partition coefficient (Wildman–Crippen LogP) is 5.32. The Bertz CT molecular complexity index is 1100. The fourth-order valence-electron chi connectivity index (χ4n) is 2.77. The number of hydrogen-bond acceptors (Lipinski definition) is 6. The number of rotatable bonds is 6. The van der Waals surface area contributed by atoms with Crippen LogP contribution in [0.25, 0.3) is 11.3 Å². The number of ether oxygens (including phenoxy) is 2. The average molecular weight is 407 g/mol. The number of para-hydroxylation sites is 1. The standard InChI is InChI=1S/C22H22N4O2S/c1-14-11-20(15(2)10-18(14)24-13-26(3)4)28-22-17(12-23)21(25-29-22)16-8-6-7-9-19(16)27-5/h6-11,13H,1-5H3/b24-13-. The van der Waals surface area contributed by atoms with Crippen molar-refractivity contribution in [3.8, 4) is 33.9 Å². The fraction of sp³-hybridized carbons (Fsp3) is 0.227. The van der Waals surface area contributed by atoms with Gasteiger partial charge in [0.05, 0.1) is 19.1 Å². The third-order valence-corrected chi connectivity index (χ3v) is 4.99. The number of aromatic nitrogens is 1. The maximum atomic E-state index is 9.75. The fourth-order valence-corrected chi connectivity index (χ4v) is 3.49. The molecule has 0 N–H and O–H groups in total. The molecule has 0 fully saturated rings. The lowest BCUT2D eigenvalue weighted by molar-refractivity contribution is 0.416. The largest absolute Gasteiger partial charge is 0.496 e. The van der Waals surface area contributed by atoms with Gasteiger partial charge in [0.25, 0.3) is 0 Å². The third kappa shape index (κ3) is 4.39. The number of hydrogen-bond donors (Lipinski definition) is 0. The van der Waals surface area contributed by atoms with Crippen LogP contribution in [0.3, 0.4) is 0 Å². The highest BCUT2D eigenvalue weighted by Gasteiger charge is 2.20. The number of aryl methyl sites for hydroxylation is 2. The van der Waals surface area contributed by atoms with Crippen LogP contribution in [0.2, 0.25) is 0 Å². The van der Waals surface area contributed by atoms with Gasteiger partial charge in [0, 0.05) is 31.2 Å². The molecule has 0 bridgehead atoms. The summed E-state index contributed by atoms with van der Waals surface area (Å²) in [4.78, 5) is 6.36. The zero-order valence-corrected chi connectivity index (χ0v) is 17.9. The lowest BCUT2D eigenvalue weighted by Crippen LogP contribution is -2.07. The van der Waals surface area contributed by atoms with Crippen LogP contribution in [-0.4, -0.2) is 36.8 Å². The normalized spacial score (nSPS) is 10.8. The van der Waals surface area contributed by atoms with Crippen LogP contribution in [0.15, 0.2) is 41.4 Å². The van der Waals surface area contributed by atoms with E-state index in [9.17, 15) is 5.26 Å². The van der Waals surface area contributed by atoms with Gasteiger partial charge in [-0.3, -0.25) is 0 Å². The minimum Gasteiger partial charge on any atom is -0.496 e. The van der Waals surface area contributed by atoms with E-state index in [-0.39, 0.29) is 0 Å². The van der Waals surface area contributed by atoms with Crippen LogP contribution in [0.4, 0.5) is 5.69 Å². The Morgan fingerprint density at radius 3 is 2.59 bits per heavy atom. The number of methoxy groups -OCH3 is 1. The van der Waals surface area contributed by atoms with Crippen LogP contribution in [0.5, 0.6) is 16.6 Å². The summed E-state index contributed by atoms with van der Waals surface area (Å²) >= 11 is 1.16. The Morgan fingerprint density at radius 1 is 1.14 bits per heavy atom. The van der Waals surface area contributed by atoms with Crippen molar-refractivity contribution in [2.45, 2.75) is 13.8 Å². The van der Waals surface area contributed by atoms with Gasteiger partial charge in [0.1, 0.15) is 28.8 Å². The molecule has 0 aliphatic heterocycles. The van der Waals surface area contributed by atoms with Gasteiger partial charge in [0.15, 0.2) is 0 Å². The minimum atomic E-state index is 0.395. The average Bonchev–Trinajstić information content (AvgIpc) is 3.11. The highest BCUT2D eigenvalue weighted by atomic mass is 32.1. The molecule has 148 valence electrons. The quantitative estimate of drug-likeness (QED) is 0.409. The van der Waals surface area contributed by atoms with Crippen LogP contribution in [-0.2, 0) is 0 Å². The van der Waals surface area contributed by atoms with Crippen molar-refractivity contribution in [3.05, 3.63) is 53.1 Å². The molecule has 7 heteroatoms. The molecule has 0 saturated carbocycles. The highest BCUT2D eigenvalue weighted by Crippen LogP contribution is 2.41. The van der Waals surface area contributed by atoms with E-state index in [1.165, 1.54) is 0 Å². The van der Waals surface area contributed by atoms with E-state index < -0.39 is 0 Å². The van der Waals surface area contributed by atoms with Crippen molar-refractivity contribution < 1.29 is 9.47 Å². The Morgan fingerprint density at radius 2 is 1.90 bits per heavy atom. The molecule has 0 saturated heterocycles. The molecule has 1 aromatic heterocycles. The predicted molar refractivity (Wildman–Crippen MR) is 117 cm³/mol. The van der Waals surface area contributed by atoms with Crippen LogP contribution < -0.4 is 9.47 Å². The van der Waals surface area contributed by atoms with E-state index >= 15 is 0 Å². The number of nitriles is 1. The summed E-state index contributed by atoms with van der Waals surface area (Å²) in [5.74, 6) is 1.34. The van der Waals surface area contributed by atoms with E-state index in [2.05, 4.69) is 15.4 Å². The third-order valence-electron chi connectivity index (χ3n) is 4.26. The molecule has 6 nitrogen and oxygen atoms in total. The Labute approximate surface area is 174 Å². The number of benzene rings is 2. The zero-order chi connectivity index (χ0) is 21.0. The summed E-state index contributed by atoms with van der Waals surface area (Å²) in [6.07, 6.45) is 1.76. The van der Waals surface area contributed by atoms with Gasteiger partial charge in [-0.05, 0) is 49.2 Å². The maximum absolute atomic E-state index is 9.75. The van der Waals surface area contributed by atoms with Crippen molar-refractivity contribution in [1.29, 1.82) is 5.26 Å². The van der Waals surface area contributed by atoms with Crippen molar-refractivity contribution in [3.63, 3.8) is 0 Å². The summed E-state index contributed by atoms with van der Waals surface area (Å²) in [7, 11) is 5.45. The molecule has 0 radical (unpaired) electrons. The summed E-state index contributed by atoms with van der Waals surface area (Å²) in [5.41, 5.74) is 4.51.